The van der Waals surface area contributed by atoms with Crippen LogP contribution in [0.25, 0.3) is 0 Å². The first kappa shape index (κ1) is 14.4. The number of aliphatic hydroxyl groups excluding tert-OH is 1. The zero-order valence-corrected chi connectivity index (χ0v) is 10.7. The van der Waals surface area contributed by atoms with E-state index >= 15 is 0 Å². The molecule has 2 rings (SSSR count). The van der Waals surface area contributed by atoms with Crippen LogP contribution in [-0.2, 0) is 6.61 Å². The molecule has 2 aromatic carbocycles. The van der Waals surface area contributed by atoms with Crippen LogP contribution in [0.15, 0.2) is 36.4 Å². The average Bonchev–Trinajstić information content (AvgIpc) is 2.41. The van der Waals surface area contributed by atoms with E-state index in [1.54, 1.807) is 0 Å². The van der Waals surface area contributed by atoms with Crippen LogP contribution in [-0.4, -0.2) is 5.11 Å². The largest absolute Gasteiger partial charge is 0.488 e. The standard InChI is InChI=1S/C15H13F3O2/c1-9(19)12-7-11(16)5-6-14(12)20-8-10-3-2-4-13(17)15(10)18/h2-7,9,19H,8H2,1H3/t9-/m1/s1. The van der Waals surface area contributed by atoms with Gasteiger partial charge in [-0.25, -0.2) is 13.2 Å². The van der Waals surface area contributed by atoms with Crippen molar-refractivity contribution in [1.29, 1.82) is 0 Å². The molecule has 0 aliphatic heterocycles. The molecule has 0 fully saturated rings. The predicted molar refractivity (Wildman–Crippen MR) is 67.7 cm³/mol. The first-order valence-electron chi connectivity index (χ1n) is 6.02. The molecule has 0 aliphatic carbocycles. The van der Waals surface area contributed by atoms with Gasteiger partial charge in [0.05, 0.1) is 6.10 Å². The lowest BCUT2D eigenvalue weighted by Crippen LogP contribution is -2.04. The predicted octanol–water partition coefficient (Wildman–Crippen LogP) is 3.74. The van der Waals surface area contributed by atoms with Crippen LogP contribution in [0.5, 0.6) is 5.75 Å². The number of hydrogen-bond donors (Lipinski definition) is 1. The van der Waals surface area contributed by atoms with E-state index in [0.717, 1.165) is 12.1 Å². The molecule has 0 aliphatic rings. The highest BCUT2D eigenvalue weighted by Crippen LogP contribution is 2.27. The second-order valence-corrected chi connectivity index (χ2v) is 4.36. The lowest BCUT2D eigenvalue weighted by Gasteiger charge is -2.14. The molecule has 106 valence electrons. The van der Waals surface area contributed by atoms with Crippen LogP contribution < -0.4 is 4.74 Å². The van der Waals surface area contributed by atoms with Crippen LogP contribution >= 0.6 is 0 Å². The third-order valence-electron chi connectivity index (χ3n) is 2.84. The summed E-state index contributed by atoms with van der Waals surface area (Å²) in [5.41, 5.74) is 0.299. The summed E-state index contributed by atoms with van der Waals surface area (Å²) >= 11 is 0. The van der Waals surface area contributed by atoms with Crippen molar-refractivity contribution in [3.05, 3.63) is 65.0 Å². The Kier molecular flexibility index (Phi) is 4.29. The second-order valence-electron chi connectivity index (χ2n) is 4.36. The van der Waals surface area contributed by atoms with Crippen molar-refractivity contribution in [1.82, 2.24) is 0 Å². The molecule has 0 amide bonds. The summed E-state index contributed by atoms with van der Waals surface area (Å²) in [4.78, 5) is 0. The Morgan fingerprint density at radius 3 is 2.60 bits per heavy atom. The number of aliphatic hydroxyl groups is 1. The summed E-state index contributed by atoms with van der Waals surface area (Å²) in [5, 5.41) is 9.54. The van der Waals surface area contributed by atoms with Crippen molar-refractivity contribution in [2.45, 2.75) is 19.6 Å². The molecular formula is C15H13F3O2. The minimum absolute atomic E-state index is 0.0471. The Morgan fingerprint density at radius 1 is 1.15 bits per heavy atom. The summed E-state index contributed by atoms with van der Waals surface area (Å²) < 4.78 is 45.0. The van der Waals surface area contributed by atoms with E-state index in [4.69, 9.17) is 4.74 Å². The molecule has 0 radical (unpaired) electrons. The molecule has 1 atom stereocenters. The average molecular weight is 282 g/mol. The Bertz CT molecular complexity index is 612. The lowest BCUT2D eigenvalue weighted by atomic mass is 10.1. The van der Waals surface area contributed by atoms with E-state index in [-0.39, 0.29) is 23.5 Å². The number of rotatable bonds is 4. The van der Waals surface area contributed by atoms with Crippen molar-refractivity contribution in [3.8, 4) is 5.75 Å². The van der Waals surface area contributed by atoms with Gasteiger partial charge in [0.1, 0.15) is 18.2 Å². The minimum atomic E-state index is -0.979. The maximum Gasteiger partial charge on any atom is 0.165 e. The summed E-state index contributed by atoms with van der Waals surface area (Å²) in [6, 6.07) is 7.43. The van der Waals surface area contributed by atoms with Gasteiger partial charge in [-0.05, 0) is 31.2 Å². The van der Waals surface area contributed by atoms with Gasteiger partial charge in [0, 0.05) is 11.1 Å². The van der Waals surface area contributed by atoms with Crippen molar-refractivity contribution >= 4 is 0 Å². The van der Waals surface area contributed by atoms with Crippen molar-refractivity contribution in [3.63, 3.8) is 0 Å². The minimum Gasteiger partial charge on any atom is -0.488 e. The SMILES string of the molecule is C[C@@H](O)c1cc(F)ccc1OCc1cccc(F)c1F. The van der Waals surface area contributed by atoms with E-state index < -0.39 is 23.6 Å². The molecule has 0 saturated heterocycles. The molecule has 5 heteroatoms. The van der Waals surface area contributed by atoms with Gasteiger partial charge in [0.25, 0.3) is 0 Å². The Hall–Kier alpha value is -2.01. The molecule has 1 N–H and O–H groups in total. The van der Waals surface area contributed by atoms with Gasteiger partial charge < -0.3 is 9.84 Å². The Labute approximate surface area is 114 Å². The first-order chi connectivity index (χ1) is 9.49. The highest BCUT2D eigenvalue weighted by molar-refractivity contribution is 5.35. The fraction of sp³-hybridized carbons (Fsp3) is 0.200. The van der Waals surface area contributed by atoms with Crippen LogP contribution in [0.1, 0.15) is 24.2 Å². The van der Waals surface area contributed by atoms with E-state index in [1.165, 1.54) is 31.2 Å². The van der Waals surface area contributed by atoms with E-state index in [1.807, 2.05) is 0 Å². The molecule has 0 bridgehead atoms. The highest BCUT2D eigenvalue weighted by Gasteiger charge is 2.13. The highest BCUT2D eigenvalue weighted by atomic mass is 19.2. The smallest absolute Gasteiger partial charge is 0.165 e. The van der Waals surface area contributed by atoms with Gasteiger partial charge >= 0.3 is 0 Å². The van der Waals surface area contributed by atoms with Crippen molar-refractivity contribution < 1.29 is 23.0 Å². The van der Waals surface area contributed by atoms with Crippen LogP contribution in [0.2, 0.25) is 0 Å². The normalized spacial score (nSPS) is 12.2. The van der Waals surface area contributed by atoms with Gasteiger partial charge in [-0.3, -0.25) is 0 Å². The monoisotopic (exact) mass is 282 g/mol. The third kappa shape index (κ3) is 3.11. The molecule has 0 aromatic heterocycles. The number of benzene rings is 2. The lowest BCUT2D eigenvalue weighted by molar-refractivity contribution is 0.189. The maximum absolute atomic E-state index is 13.5. The van der Waals surface area contributed by atoms with E-state index in [9.17, 15) is 18.3 Å². The first-order valence-corrected chi connectivity index (χ1v) is 6.02. The Morgan fingerprint density at radius 2 is 1.90 bits per heavy atom. The summed E-state index contributed by atoms with van der Waals surface area (Å²) in [6.45, 7) is 1.25. The maximum atomic E-state index is 13.5. The summed E-state index contributed by atoms with van der Waals surface area (Å²) in [6.07, 6.45) is -0.932. The third-order valence-corrected chi connectivity index (χ3v) is 2.84. The fourth-order valence-electron chi connectivity index (χ4n) is 1.79. The number of halogens is 3. The molecular weight excluding hydrogens is 269 g/mol. The van der Waals surface area contributed by atoms with Gasteiger partial charge in [0.15, 0.2) is 11.6 Å². The van der Waals surface area contributed by atoms with Crippen molar-refractivity contribution in [2.75, 3.05) is 0 Å². The molecule has 20 heavy (non-hydrogen) atoms. The topological polar surface area (TPSA) is 29.5 Å². The summed E-state index contributed by atoms with van der Waals surface area (Å²) in [7, 11) is 0. The summed E-state index contributed by atoms with van der Waals surface area (Å²) in [5.74, 6) is -2.22. The van der Waals surface area contributed by atoms with Crippen LogP contribution in [0, 0.1) is 17.5 Å². The molecule has 2 nitrogen and oxygen atoms in total. The van der Waals surface area contributed by atoms with Gasteiger partial charge in [-0.2, -0.15) is 0 Å². The van der Waals surface area contributed by atoms with E-state index in [2.05, 4.69) is 0 Å². The fourth-order valence-corrected chi connectivity index (χ4v) is 1.79. The second kappa shape index (κ2) is 5.96. The van der Waals surface area contributed by atoms with Gasteiger partial charge in [0.2, 0.25) is 0 Å². The number of ether oxygens (including phenoxy) is 1. The van der Waals surface area contributed by atoms with Crippen molar-refractivity contribution in [2.24, 2.45) is 0 Å². The zero-order valence-electron chi connectivity index (χ0n) is 10.7. The zero-order chi connectivity index (χ0) is 14.7. The van der Waals surface area contributed by atoms with Crippen LogP contribution in [0.4, 0.5) is 13.2 Å². The molecule has 0 saturated carbocycles. The van der Waals surface area contributed by atoms with E-state index in [0.29, 0.717) is 0 Å². The Balaban J connectivity index is 2.21. The number of hydrogen-bond acceptors (Lipinski definition) is 2. The van der Waals surface area contributed by atoms with Crippen LogP contribution in [0.3, 0.4) is 0 Å². The molecule has 0 unspecified atom stereocenters. The van der Waals surface area contributed by atoms with Gasteiger partial charge in [-0.15, -0.1) is 0 Å². The molecule has 2 aromatic rings. The van der Waals surface area contributed by atoms with Gasteiger partial charge in [-0.1, -0.05) is 12.1 Å². The molecule has 0 spiro atoms. The molecule has 0 heterocycles. The quantitative estimate of drug-likeness (QED) is 0.925.